The molecule has 0 bridgehead atoms. The van der Waals surface area contributed by atoms with Crippen LogP contribution in [0.15, 0.2) is 30.4 Å². The highest BCUT2D eigenvalue weighted by Gasteiger charge is 2.44. The van der Waals surface area contributed by atoms with E-state index in [9.17, 15) is 20.0 Å². The van der Waals surface area contributed by atoms with Gasteiger partial charge >= 0.3 is 5.97 Å². The van der Waals surface area contributed by atoms with Crippen molar-refractivity contribution in [3.8, 4) is 17.6 Å². The number of fused-ring (bicyclic) bond motifs is 3. The van der Waals surface area contributed by atoms with Crippen molar-refractivity contribution in [3.63, 3.8) is 0 Å². The monoisotopic (exact) mass is 531 g/mol. The van der Waals surface area contributed by atoms with Gasteiger partial charge in [0.2, 0.25) is 0 Å². The van der Waals surface area contributed by atoms with E-state index in [0.29, 0.717) is 25.2 Å². The maximum atomic E-state index is 11.9. The topological polar surface area (TPSA) is 117 Å². The minimum absolute atomic E-state index is 0.0359. The van der Waals surface area contributed by atoms with Crippen molar-refractivity contribution in [3.05, 3.63) is 51.6 Å². The largest absolute Gasteiger partial charge is 0.489 e. The normalized spacial score (nSPS) is 20.6. The Balaban J connectivity index is 0.00000247. The molecule has 3 rings (SSSR count). The van der Waals surface area contributed by atoms with Gasteiger partial charge in [0.25, 0.3) is 5.09 Å². The molecule has 1 aliphatic heterocycles. The van der Waals surface area contributed by atoms with Gasteiger partial charge in [0, 0.05) is 24.3 Å². The van der Waals surface area contributed by atoms with Gasteiger partial charge < -0.3 is 24.2 Å². The zero-order chi connectivity index (χ0) is 27.9. The number of aryl methyl sites for hydroxylation is 1. The van der Waals surface area contributed by atoms with Gasteiger partial charge in [-0.25, -0.2) is 0 Å². The summed E-state index contributed by atoms with van der Waals surface area (Å²) in [5, 5.41) is 19.6. The van der Waals surface area contributed by atoms with Crippen LogP contribution in [0.1, 0.15) is 76.8 Å². The summed E-state index contributed by atoms with van der Waals surface area (Å²) in [5.74, 6) is 7.13. The number of aliphatic hydroxyl groups is 1. The number of para-hydroxylation sites is 1. The Morgan fingerprint density at radius 2 is 2.11 bits per heavy atom. The van der Waals surface area contributed by atoms with Gasteiger partial charge in [-0.05, 0) is 50.0 Å². The van der Waals surface area contributed by atoms with Gasteiger partial charge in [0.1, 0.15) is 18.5 Å². The van der Waals surface area contributed by atoms with Crippen molar-refractivity contribution in [1.29, 1.82) is 0 Å². The van der Waals surface area contributed by atoms with Gasteiger partial charge in [0.15, 0.2) is 6.79 Å². The third-order valence-electron chi connectivity index (χ3n) is 6.70. The van der Waals surface area contributed by atoms with Crippen molar-refractivity contribution in [2.45, 2.75) is 84.3 Å². The van der Waals surface area contributed by atoms with E-state index in [1.807, 2.05) is 45.9 Å². The highest BCUT2D eigenvalue weighted by molar-refractivity contribution is 5.69. The molecule has 0 spiro atoms. The zero-order valence-corrected chi connectivity index (χ0v) is 22.9. The number of rotatable bonds is 14. The molecule has 9 heteroatoms. The number of esters is 1. The number of hydrogen-bond acceptors (Lipinski definition) is 8. The second kappa shape index (κ2) is 16.7. The van der Waals surface area contributed by atoms with Gasteiger partial charge in [0.05, 0.1) is 12.7 Å². The van der Waals surface area contributed by atoms with Crippen LogP contribution in [-0.2, 0) is 25.5 Å². The third-order valence-corrected chi connectivity index (χ3v) is 6.70. The lowest BCUT2D eigenvalue weighted by Crippen LogP contribution is -2.17. The van der Waals surface area contributed by atoms with E-state index in [0.717, 1.165) is 24.2 Å². The molecule has 5 atom stereocenters. The predicted octanol–water partition coefficient (Wildman–Crippen LogP) is 4.98. The SMILES string of the molecule is CC.CC#CCC(C)C(O)/C=C/C1CCC2Oc3c(CCCC(=O)OCOCCO[N+](=O)[O-])cccc3C12. The summed E-state index contributed by atoms with van der Waals surface area (Å²) in [7, 11) is 0. The number of allylic oxidation sites excluding steroid dienone is 1. The van der Waals surface area contributed by atoms with E-state index in [1.54, 1.807) is 0 Å². The first-order valence-electron chi connectivity index (χ1n) is 13.5. The third kappa shape index (κ3) is 9.34. The number of ether oxygens (including phenoxy) is 3. The molecule has 1 aromatic rings. The quantitative estimate of drug-likeness (QED) is 0.0679. The number of hydrogen-bond donors (Lipinski definition) is 1. The molecule has 38 heavy (non-hydrogen) atoms. The van der Waals surface area contributed by atoms with Gasteiger partial charge in [-0.15, -0.1) is 22.0 Å². The summed E-state index contributed by atoms with van der Waals surface area (Å²) < 4.78 is 16.3. The van der Waals surface area contributed by atoms with Gasteiger partial charge in [-0.2, -0.15) is 0 Å². The fourth-order valence-corrected chi connectivity index (χ4v) is 4.79. The Hall–Kier alpha value is -3.09. The van der Waals surface area contributed by atoms with E-state index < -0.39 is 17.2 Å². The number of nitrogens with zero attached hydrogens (tertiary/aromatic N) is 1. The van der Waals surface area contributed by atoms with Crippen molar-refractivity contribution < 1.29 is 34.0 Å². The van der Waals surface area contributed by atoms with Crippen LogP contribution in [0.2, 0.25) is 0 Å². The molecule has 1 fully saturated rings. The number of carbonyl (C=O) groups is 1. The number of carbonyl (C=O) groups excluding carboxylic acids is 1. The number of aliphatic hydroxyl groups excluding tert-OH is 1. The van der Waals surface area contributed by atoms with E-state index in [2.05, 4.69) is 28.8 Å². The molecule has 1 aliphatic carbocycles. The highest BCUT2D eigenvalue weighted by atomic mass is 17.0. The first-order chi connectivity index (χ1) is 18.4. The minimum Gasteiger partial charge on any atom is -0.489 e. The molecule has 2 aliphatic rings. The zero-order valence-electron chi connectivity index (χ0n) is 22.9. The minimum atomic E-state index is -0.903. The fourth-order valence-electron chi connectivity index (χ4n) is 4.79. The van der Waals surface area contributed by atoms with Crippen LogP contribution in [0.25, 0.3) is 0 Å². The average molecular weight is 532 g/mol. The second-order valence-corrected chi connectivity index (χ2v) is 9.20. The van der Waals surface area contributed by atoms with Crippen molar-refractivity contribution in [1.82, 2.24) is 0 Å². The average Bonchev–Trinajstić information content (AvgIpc) is 3.49. The van der Waals surface area contributed by atoms with E-state index >= 15 is 0 Å². The molecule has 0 radical (unpaired) electrons. The van der Waals surface area contributed by atoms with Crippen LogP contribution in [0.4, 0.5) is 0 Å². The highest BCUT2D eigenvalue weighted by Crippen LogP contribution is 2.52. The first kappa shape index (κ1) is 31.1. The standard InChI is InChI=1S/C27H35NO8.C2H6/c1-3-4-7-19(2)23(29)14-12-20-13-15-24-26(20)22-10-5-8-21(27(22)36-24)9-6-11-25(30)34-18-33-16-17-35-28(31)32;1-2/h5,8,10,12,14,19-20,23-24,26,29H,6-7,9,11,13,15-18H2,1-2H3;1-2H3/b14-12+;. The molecule has 1 heterocycles. The van der Waals surface area contributed by atoms with Crippen LogP contribution in [0.5, 0.6) is 5.75 Å². The molecule has 1 N–H and O–H groups in total. The van der Waals surface area contributed by atoms with Crippen LogP contribution >= 0.6 is 0 Å². The van der Waals surface area contributed by atoms with Crippen LogP contribution in [0.3, 0.4) is 0 Å². The van der Waals surface area contributed by atoms with Crippen LogP contribution in [-0.4, -0.2) is 48.4 Å². The predicted molar refractivity (Wildman–Crippen MR) is 143 cm³/mol. The molecule has 1 aromatic carbocycles. The fraction of sp³-hybridized carbons (Fsp3) is 0.621. The molecular weight excluding hydrogens is 490 g/mol. The van der Waals surface area contributed by atoms with Gasteiger partial charge in [-0.3, -0.25) is 4.79 Å². The van der Waals surface area contributed by atoms with E-state index in [1.165, 1.54) is 5.56 Å². The molecule has 0 amide bonds. The summed E-state index contributed by atoms with van der Waals surface area (Å²) in [5.41, 5.74) is 2.29. The second-order valence-electron chi connectivity index (χ2n) is 9.20. The van der Waals surface area contributed by atoms with Crippen molar-refractivity contribution in [2.75, 3.05) is 20.0 Å². The molecule has 0 aromatic heterocycles. The Morgan fingerprint density at radius 3 is 2.84 bits per heavy atom. The maximum absolute atomic E-state index is 11.9. The van der Waals surface area contributed by atoms with Crippen molar-refractivity contribution in [2.24, 2.45) is 11.8 Å². The van der Waals surface area contributed by atoms with Crippen LogP contribution < -0.4 is 4.74 Å². The molecule has 5 unspecified atom stereocenters. The Labute approximate surface area is 225 Å². The molecule has 0 saturated heterocycles. The number of benzene rings is 1. The van der Waals surface area contributed by atoms with Gasteiger partial charge in [-0.1, -0.05) is 51.1 Å². The lowest BCUT2D eigenvalue weighted by Gasteiger charge is -2.17. The smallest absolute Gasteiger partial charge is 0.307 e. The Bertz CT molecular complexity index is 983. The Kier molecular flexibility index (Phi) is 13.7. The van der Waals surface area contributed by atoms with Crippen LogP contribution in [0, 0.1) is 33.8 Å². The molecule has 1 saturated carbocycles. The Morgan fingerprint density at radius 1 is 1.32 bits per heavy atom. The summed E-state index contributed by atoms with van der Waals surface area (Å²) in [6, 6.07) is 6.20. The lowest BCUT2D eigenvalue weighted by atomic mass is 9.86. The molecule has 210 valence electrons. The summed E-state index contributed by atoms with van der Waals surface area (Å²) in [4.78, 5) is 26.1. The summed E-state index contributed by atoms with van der Waals surface area (Å²) in [6.07, 6.45) is 7.88. The van der Waals surface area contributed by atoms with Crippen molar-refractivity contribution >= 4 is 5.97 Å². The molecule has 9 nitrogen and oxygen atoms in total. The summed E-state index contributed by atoms with van der Waals surface area (Å²) in [6.45, 7) is 7.31. The van der Waals surface area contributed by atoms with E-state index in [-0.39, 0.29) is 44.4 Å². The summed E-state index contributed by atoms with van der Waals surface area (Å²) >= 11 is 0. The lowest BCUT2D eigenvalue weighted by molar-refractivity contribution is -0.758. The first-order valence-corrected chi connectivity index (χ1v) is 13.5. The molecular formula is C29H41NO8. The maximum Gasteiger partial charge on any atom is 0.307 e. The van der Waals surface area contributed by atoms with E-state index in [4.69, 9.17) is 14.2 Å².